The summed E-state index contributed by atoms with van der Waals surface area (Å²) in [6, 6.07) is 16.3. The van der Waals surface area contributed by atoms with E-state index in [2.05, 4.69) is 17.1 Å². The first-order chi connectivity index (χ1) is 10.2. The van der Waals surface area contributed by atoms with Gasteiger partial charge < -0.3 is 4.74 Å². The number of para-hydroxylation sites is 1. The van der Waals surface area contributed by atoms with Gasteiger partial charge in [0.2, 0.25) is 0 Å². The van der Waals surface area contributed by atoms with Crippen LogP contribution in [-0.2, 0) is 0 Å². The minimum absolute atomic E-state index is 0.0466. The van der Waals surface area contributed by atoms with Crippen LogP contribution in [0, 0.1) is 0 Å². The molecule has 0 amide bonds. The number of hydrazone groups is 1. The van der Waals surface area contributed by atoms with Gasteiger partial charge >= 0.3 is 0 Å². The number of benzene rings is 2. The molecule has 2 aromatic rings. The fourth-order valence-corrected chi connectivity index (χ4v) is 3.16. The Bertz CT molecular complexity index is 711. The second-order valence-electron chi connectivity index (χ2n) is 5.41. The molecule has 0 spiro atoms. The normalized spacial score (nSPS) is 23.1. The Labute approximate surface area is 128 Å². The molecule has 0 aliphatic carbocycles. The molecule has 21 heavy (non-hydrogen) atoms. The summed E-state index contributed by atoms with van der Waals surface area (Å²) in [6.45, 7) is 2.04. The Morgan fingerprint density at radius 1 is 1.14 bits per heavy atom. The van der Waals surface area contributed by atoms with Gasteiger partial charge in [0.25, 0.3) is 0 Å². The van der Waals surface area contributed by atoms with Crippen molar-refractivity contribution in [3.05, 3.63) is 64.7 Å². The number of nitrogens with zero attached hydrogens (tertiary/aromatic N) is 2. The molecule has 4 heteroatoms. The Morgan fingerprint density at radius 3 is 2.71 bits per heavy atom. The highest BCUT2D eigenvalue weighted by molar-refractivity contribution is 6.30. The fourth-order valence-electron chi connectivity index (χ4n) is 3.03. The van der Waals surface area contributed by atoms with Gasteiger partial charge in [-0.1, -0.05) is 41.9 Å². The van der Waals surface area contributed by atoms with E-state index < -0.39 is 0 Å². The maximum absolute atomic E-state index is 5.96. The van der Waals surface area contributed by atoms with Crippen molar-refractivity contribution < 1.29 is 4.74 Å². The quantitative estimate of drug-likeness (QED) is 0.787. The van der Waals surface area contributed by atoms with E-state index in [9.17, 15) is 0 Å². The lowest BCUT2D eigenvalue weighted by Gasteiger charge is -2.36. The minimum Gasteiger partial charge on any atom is -0.469 e. The summed E-state index contributed by atoms with van der Waals surface area (Å²) in [5.41, 5.74) is 3.42. The van der Waals surface area contributed by atoms with E-state index in [1.54, 1.807) is 0 Å². The lowest BCUT2D eigenvalue weighted by molar-refractivity contribution is -0.00334. The fraction of sp³-hybridized carbons (Fsp3) is 0.235. The number of hydrogen-bond acceptors (Lipinski definition) is 3. The molecule has 0 fully saturated rings. The van der Waals surface area contributed by atoms with Crippen LogP contribution in [0.15, 0.2) is 53.6 Å². The first kappa shape index (κ1) is 12.7. The maximum atomic E-state index is 5.96. The summed E-state index contributed by atoms with van der Waals surface area (Å²) < 4.78 is 5.95. The Hall–Kier alpha value is -2.00. The van der Waals surface area contributed by atoms with Gasteiger partial charge in [-0.15, -0.1) is 0 Å². The summed E-state index contributed by atoms with van der Waals surface area (Å²) in [5.74, 6) is 0.971. The van der Waals surface area contributed by atoms with Gasteiger partial charge in [0.05, 0.1) is 11.8 Å². The van der Waals surface area contributed by atoms with Crippen LogP contribution >= 0.6 is 11.6 Å². The molecule has 2 heterocycles. The number of fused-ring (bicyclic) bond motifs is 3. The number of hydrogen-bond donors (Lipinski definition) is 0. The Kier molecular flexibility index (Phi) is 2.89. The first-order valence-electron chi connectivity index (χ1n) is 7.10. The largest absolute Gasteiger partial charge is 0.469 e. The summed E-state index contributed by atoms with van der Waals surface area (Å²) >= 11 is 5.96. The van der Waals surface area contributed by atoms with Crippen molar-refractivity contribution in [3.63, 3.8) is 0 Å². The molecule has 0 saturated heterocycles. The summed E-state index contributed by atoms with van der Waals surface area (Å²) in [5, 5.41) is 7.58. The molecule has 2 aliphatic rings. The monoisotopic (exact) mass is 298 g/mol. The van der Waals surface area contributed by atoms with E-state index in [0.717, 1.165) is 28.5 Å². The SMILES string of the molecule is C[C@H]1Oc2ccccc2[C@@H]2CC(c3ccc(Cl)cc3)=NN12. The molecule has 0 aromatic heterocycles. The zero-order chi connectivity index (χ0) is 14.4. The van der Waals surface area contributed by atoms with Crippen molar-refractivity contribution in [3.8, 4) is 5.75 Å². The van der Waals surface area contributed by atoms with Gasteiger partial charge in [0.1, 0.15) is 5.75 Å². The van der Waals surface area contributed by atoms with Crippen LogP contribution in [0.5, 0.6) is 5.75 Å². The molecule has 3 nitrogen and oxygen atoms in total. The molecule has 0 bridgehead atoms. The average Bonchev–Trinajstić information content (AvgIpc) is 2.94. The first-order valence-corrected chi connectivity index (χ1v) is 7.47. The van der Waals surface area contributed by atoms with E-state index in [1.807, 2.05) is 43.3 Å². The highest BCUT2D eigenvalue weighted by Crippen LogP contribution is 2.42. The van der Waals surface area contributed by atoms with E-state index in [0.29, 0.717) is 0 Å². The third kappa shape index (κ3) is 2.09. The predicted molar refractivity (Wildman–Crippen MR) is 83.7 cm³/mol. The highest BCUT2D eigenvalue weighted by atomic mass is 35.5. The second kappa shape index (κ2) is 4.78. The van der Waals surface area contributed by atoms with Crippen LogP contribution in [0.25, 0.3) is 0 Å². The number of rotatable bonds is 1. The molecule has 0 N–H and O–H groups in total. The number of ether oxygens (including phenoxy) is 1. The lowest BCUT2D eigenvalue weighted by atomic mass is 9.97. The van der Waals surface area contributed by atoms with Crippen LogP contribution < -0.4 is 4.74 Å². The smallest absolute Gasteiger partial charge is 0.185 e. The Balaban J connectivity index is 1.71. The molecule has 2 aliphatic heterocycles. The summed E-state index contributed by atoms with van der Waals surface area (Å²) in [6.07, 6.45) is 0.849. The molecule has 0 radical (unpaired) electrons. The van der Waals surface area contributed by atoms with Crippen LogP contribution in [0.1, 0.15) is 30.5 Å². The van der Waals surface area contributed by atoms with Crippen molar-refractivity contribution in [2.24, 2.45) is 5.10 Å². The van der Waals surface area contributed by atoms with Crippen LogP contribution in [0.3, 0.4) is 0 Å². The minimum atomic E-state index is -0.0466. The van der Waals surface area contributed by atoms with Gasteiger partial charge in [0.15, 0.2) is 6.23 Å². The third-order valence-electron chi connectivity index (χ3n) is 4.07. The van der Waals surface area contributed by atoms with Gasteiger partial charge in [-0.25, -0.2) is 0 Å². The van der Waals surface area contributed by atoms with Crippen molar-refractivity contribution >= 4 is 17.3 Å². The van der Waals surface area contributed by atoms with Crippen molar-refractivity contribution in [1.82, 2.24) is 5.01 Å². The van der Waals surface area contributed by atoms with Crippen molar-refractivity contribution in [2.45, 2.75) is 25.6 Å². The summed E-state index contributed by atoms with van der Waals surface area (Å²) in [4.78, 5) is 0. The molecule has 106 valence electrons. The van der Waals surface area contributed by atoms with Crippen LogP contribution in [0.2, 0.25) is 5.02 Å². The predicted octanol–water partition coefficient (Wildman–Crippen LogP) is 4.23. The molecule has 0 unspecified atom stereocenters. The summed E-state index contributed by atoms with van der Waals surface area (Å²) in [7, 11) is 0. The topological polar surface area (TPSA) is 24.8 Å². The van der Waals surface area contributed by atoms with Gasteiger partial charge in [-0.3, -0.25) is 5.01 Å². The Morgan fingerprint density at radius 2 is 1.90 bits per heavy atom. The molecular weight excluding hydrogens is 284 g/mol. The maximum Gasteiger partial charge on any atom is 0.185 e. The standard InChI is InChI=1S/C17H15ClN2O/c1-11-20-16(14-4-2-3-5-17(14)21-11)10-15(19-20)12-6-8-13(18)9-7-12/h2-9,11,16H,10H2,1H3/t11-,16+/m1/s1. The van der Waals surface area contributed by atoms with E-state index >= 15 is 0 Å². The molecule has 4 rings (SSSR count). The lowest BCUT2D eigenvalue weighted by Crippen LogP contribution is -2.37. The second-order valence-corrected chi connectivity index (χ2v) is 5.84. The average molecular weight is 299 g/mol. The molecular formula is C17H15ClN2O. The van der Waals surface area contributed by atoms with E-state index in [4.69, 9.17) is 21.4 Å². The third-order valence-corrected chi connectivity index (χ3v) is 4.32. The van der Waals surface area contributed by atoms with Crippen LogP contribution in [-0.4, -0.2) is 16.9 Å². The van der Waals surface area contributed by atoms with Gasteiger partial charge in [0, 0.05) is 17.0 Å². The van der Waals surface area contributed by atoms with Gasteiger partial charge in [-0.2, -0.15) is 5.10 Å². The number of halogens is 1. The molecule has 0 saturated carbocycles. The van der Waals surface area contributed by atoms with Crippen molar-refractivity contribution in [2.75, 3.05) is 0 Å². The molecule has 2 atom stereocenters. The van der Waals surface area contributed by atoms with Crippen LogP contribution in [0.4, 0.5) is 0 Å². The van der Waals surface area contributed by atoms with Gasteiger partial charge in [-0.05, 0) is 30.7 Å². The zero-order valence-corrected chi connectivity index (χ0v) is 12.4. The van der Waals surface area contributed by atoms with Crippen molar-refractivity contribution in [1.29, 1.82) is 0 Å². The zero-order valence-electron chi connectivity index (χ0n) is 11.7. The highest BCUT2D eigenvalue weighted by Gasteiger charge is 2.37. The molecule has 2 aromatic carbocycles. The van der Waals surface area contributed by atoms with E-state index in [1.165, 1.54) is 5.56 Å². The van der Waals surface area contributed by atoms with E-state index in [-0.39, 0.29) is 12.3 Å².